The monoisotopic (exact) mass is 844 g/mol. The van der Waals surface area contributed by atoms with Gasteiger partial charge in [-0.3, -0.25) is 0 Å². The minimum atomic E-state index is -1.03. The van der Waals surface area contributed by atoms with Crippen LogP contribution in [0.3, 0.4) is 0 Å². The number of benzene rings is 6. The lowest BCUT2D eigenvalue weighted by Gasteiger charge is -2.18. The zero-order valence-corrected chi connectivity index (χ0v) is 34.3. The molecule has 0 saturated heterocycles. The molecule has 0 aliphatic heterocycles. The van der Waals surface area contributed by atoms with Crippen LogP contribution in [0, 0.1) is 0 Å². The van der Waals surface area contributed by atoms with Crippen molar-refractivity contribution in [3.05, 3.63) is 143 Å². The highest BCUT2D eigenvalue weighted by atomic mass is 16.6. The Balaban J connectivity index is 1.13. The number of carbonyl (C=O) groups is 6. The van der Waals surface area contributed by atoms with Crippen molar-refractivity contribution in [1.82, 2.24) is 0 Å². The van der Waals surface area contributed by atoms with Gasteiger partial charge in [0.2, 0.25) is 0 Å². The third kappa shape index (κ3) is 11.0. The van der Waals surface area contributed by atoms with Gasteiger partial charge in [-0.15, -0.1) is 0 Å². The highest BCUT2D eigenvalue weighted by Crippen LogP contribution is 2.26. The van der Waals surface area contributed by atoms with Gasteiger partial charge in [0.15, 0.2) is 0 Å². The molecule has 14 nitrogen and oxygen atoms in total. The zero-order valence-electron chi connectivity index (χ0n) is 34.3. The second-order valence-corrected chi connectivity index (χ2v) is 14.8. The topological polar surface area (TPSA) is 198 Å². The molecule has 4 atom stereocenters. The van der Waals surface area contributed by atoms with Crippen LogP contribution < -0.4 is 0 Å². The van der Waals surface area contributed by atoms with Gasteiger partial charge in [-0.2, -0.15) is 0 Å². The summed E-state index contributed by atoms with van der Waals surface area (Å²) in [6.45, 7) is 4.42. The Hall–Kier alpha value is -7.16. The Kier molecular flexibility index (Phi) is 14.3. The molecule has 0 radical (unpaired) electrons. The van der Waals surface area contributed by atoms with Crippen LogP contribution in [-0.2, 0) is 28.4 Å². The summed E-state index contributed by atoms with van der Waals surface area (Å²) < 4.78 is 32.6. The van der Waals surface area contributed by atoms with Gasteiger partial charge in [0.1, 0.15) is 38.6 Å². The second-order valence-electron chi connectivity index (χ2n) is 14.8. The number of rotatable bonds is 16. The lowest BCUT2D eigenvalue weighted by Crippen LogP contribution is -2.26. The van der Waals surface area contributed by atoms with Crippen molar-refractivity contribution in [2.75, 3.05) is 26.4 Å². The predicted molar refractivity (Wildman–Crippen MR) is 226 cm³/mol. The van der Waals surface area contributed by atoms with E-state index in [-0.39, 0.29) is 46.6 Å². The van der Waals surface area contributed by atoms with Gasteiger partial charge in [-0.05, 0) is 96.4 Å². The fourth-order valence-corrected chi connectivity index (χ4v) is 6.38. The molecule has 6 aromatic carbocycles. The van der Waals surface area contributed by atoms with Crippen LogP contribution in [0.2, 0.25) is 0 Å². The standard InChI is InChI=1S/C48H44O14/c1-27(49)23-57-43(51)37-17-31-11-5-6-12-32(31)18-38(37)45(53)59-25-29(3)62-48(56)42-22-36-16-10-8-14-34(36)20-40(42)46(54)60-26-30(4)61-47(55)41-21-35-15-9-7-13-33(35)19-39(41)44(52)58-24-28(2)50/h5-22,27-30,49-50H,23-26H2,1-4H3. The molecule has 6 aromatic rings. The van der Waals surface area contributed by atoms with Crippen molar-refractivity contribution in [3.8, 4) is 0 Å². The molecule has 0 saturated carbocycles. The molecule has 0 aromatic heterocycles. The molecule has 0 bridgehead atoms. The van der Waals surface area contributed by atoms with Crippen LogP contribution in [0.4, 0.5) is 0 Å². The largest absolute Gasteiger partial charge is 0.459 e. The van der Waals surface area contributed by atoms with Crippen LogP contribution >= 0.6 is 0 Å². The van der Waals surface area contributed by atoms with E-state index in [1.54, 1.807) is 72.8 Å². The van der Waals surface area contributed by atoms with Crippen LogP contribution in [0.25, 0.3) is 32.3 Å². The highest BCUT2D eigenvalue weighted by Gasteiger charge is 2.27. The van der Waals surface area contributed by atoms with Gasteiger partial charge in [-0.1, -0.05) is 72.8 Å². The first-order valence-corrected chi connectivity index (χ1v) is 19.7. The van der Waals surface area contributed by atoms with E-state index in [1.807, 2.05) is 0 Å². The summed E-state index contributed by atoms with van der Waals surface area (Å²) in [6, 6.07) is 30.0. The van der Waals surface area contributed by atoms with Gasteiger partial charge < -0.3 is 38.6 Å². The van der Waals surface area contributed by atoms with Gasteiger partial charge in [0.25, 0.3) is 0 Å². The Morgan fingerprint density at radius 3 is 0.806 bits per heavy atom. The number of aliphatic hydroxyl groups is 2. The number of esters is 6. The van der Waals surface area contributed by atoms with Gasteiger partial charge >= 0.3 is 35.8 Å². The second kappa shape index (κ2) is 19.9. The lowest BCUT2D eigenvalue weighted by atomic mass is 10.0. The van der Waals surface area contributed by atoms with E-state index in [4.69, 9.17) is 28.4 Å². The summed E-state index contributed by atoms with van der Waals surface area (Å²) in [5.74, 6) is -5.30. The summed E-state index contributed by atoms with van der Waals surface area (Å²) in [5.41, 5.74) is -0.630. The Morgan fingerprint density at radius 1 is 0.371 bits per heavy atom. The number of aliphatic hydroxyl groups excluding tert-OH is 2. The highest BCUT2D eigenvalue weighted by molar-refractivity contribution is 6.09. The van der Waals surface area contributed by atoms with Crippen LogP contribution in [0.5, 0.6) is 0 Å². The molecule has 0 aliphatic carbocycles. The number of ether oxygens (including phenoxy) is 6. The van der Waals surface area contributed by atoms with E-state index in [0.29, 0.717) is 32.3 Å². The molecule has 4 unspecified atom stereocenters. The van der Waals surface area contributed by atoms with Gasteiger partial charge in [0, 0.05) is 0 Å². The van der Waals surface area contributed by atoms with Crippen molar-refractivity contribution in [2.24, 2.45) is 0 Å². The van der Waals surface area contributed by atoms with E-state index in [2.05, 4.69) is 0 Å². The molecule has 0 spiro atoms. The van der Waals surface area contributed by atoms with Gasteiger partial charge in [0.05, 0.1) is 45.6 Å². The molecular formula is C48H44O14. The van der Waals surface area contributed by atoms with Crippen molar-refractivity contribution in [2.45, 2.75) is 52.1 Å². The lowest BCUT2D eigenvalue weighted by molar-refractivity contribution is 0.00227. The predicted octanol–water partition coefficient (Wildman–Crippen LogP) is 7.03. The summed E-state index contributed by atoms with van der Waals surface area (Å²) in [4.78, 5) is 80.1. The average molecular weight is 845 g/mol. The summed E-state index contributed by atoms with van der Waals surface area (Å²) >= 11 is 0. The Bertz CT molecular complexity index is 2660. The number of hydrogen-bond acceptors (Lipinski definition) is 14. The molecule has 0 aliphatic rings. The first-order valence-electron chi connectivity index (χ1n) is 19.7. The van der Waals surface area contributed by atoms with Crippen LogP contribution in [0.1, 0.15) is 89.8 Å². The van der Waals surface area contributed by atoms with Crippen molar-refractivity contribution >= 4 is 68.1 Å². The molecule has 0 fully saturated rings. The maximum Gasteiger partial charge on any atom is 0.339 e. The van der Waals surface area contributed by atoms with E-state index in [1.165, 1.54) is 64.1 Å². The van der Waals surface area contributed by atoms with E-state index >= 15 is 0 Å². The fraction of sp³-hybridized carbons (Fsp3) is 0.250. The number of hydrogen-bond donors (Lipinski definition) is 2. The molecule has 62 heavy (non-hydrogen) atoms. The Labute approximate surface area is 355 Å². The molecule has 14 heteroatoms. The molecule has 0 amide bonds. The molecule has 2 N–H and O–H groups in total. The quantitative estimate of drug-likeness (QED) is 0.0744. The minimum Gasteiger partial charge on any atom is -0.459 e. The third-order valence-electron chi connectivity index (χ3n) is 9.40. The zero-order chi connectivity index (χ0) is 44.5. The van der Waals surface area contributed by atoms with Crippen molar-refractivity contribution in [3.63, 3.8) is 0 Å². The molecule has 0 heterocycles. The molecule has 6 rings (SSSR count). The average Bonchev–Trinajstić information content (AvgIpc) is 3.26. The van der Waals surface area contributed by atoms with Crippen molar-refractivity contribution in [1.29, 1.82) is 0 Å². The first-order chi connectivity index (χ1) is 29.7. The smallest absolute Gasteiger partial charge is 0.339 e. The first kappa shape index (κ1) is 44.4. The van der Waals surface area contributed by atoms with Crippen LogP contribution in [-0.4, -0.2) is 96.9 Å². The van der Waals surface area contributed by atoms with Gasteiger partial charge in [-0.25, -0.2) is 28.8 Å². The Morgan fingerprint density at radius 2 is 0.581 bits per heavy atom. The summed E-state index contributed by atoms with van der Waals surface area (Å²) in [7, 11) is 0. The third-order valence-corrected chi connectivity index (χ3v) is 9.40. The minimum absolute atomic E-state index is 0.0746. The maximum absolute atomic E-state index is 13.7. The van der Waals surface area contributed by atoms with Crippen LogP contribution in [0.15, 0.2) is 109 Å². The summed E-state index contributed by atoms with van der Waals surface area (Å²) in [6.07, 6.45) is -3.91. The van der Waals surface area contributed by atoms with E-state index < -0.39 is 73.4 Å². The van der Waals surface area contributed by atoms with Crippen molar-refractivity contribution < 1.29 is 67.4 Å². The SMILES string of the molecule is CC(O)COC(=O)c1cc2ccccc2cc1C(=O)OCC(C)OC(=O)c1cc2ccccc2cc1C(=O)OCC(C)OC(=O)c1cc2ccccc2cc1C(=O)OCC(C)O. The number of fused-ring (bicyclic) bond motifs is 3. The normalized spacial score (nSPS) is 13.1. The molecular weight excluding hydrogens is 801 g/mol. The number of carbonyl (C=O) groups excluding carboxylic acids is 6. The van der Waals surface area contributed by atoms with E-state index in [0.717, 1.165) is 0 Å². The summed E-state index contributed by atoms with van der Waals surface area (Å²) in [5, 5.41) is 23.1. The van der Waals surface area contributed by atoms with E-state index in [9.17, 15) is 39.0 Å². The molecule has 320 valence electrons. The fourth-order valence-electron chi connectivity index (χ4n) is 6.38. The maximum atomic E-state index is 13.7.